The van der Waals surface area contributed by atoms with Gasteiger partial charge in [-0.15, -0.1) is 11.3 Å². The summed E-state index contributed by atoms with van der Waals surface area (Å²) in [5.74, 6) is 0.871. The molecule has 0 aliphatic heterocycles. The Morgan fingerprint density at radius 1 is 1.37 bits per heavy atom. The second-order valence-corrected chi connectivity index (χ2v) is 5.60. The summed E-state index contributed by atoms with van der Waals surface area (Å²) in [4.78, 5) is 12.2. The number of benzene rings is 1. The monoisotopic (exact) mass is 273 g/mol. The molecule has 1 aromatic carbocycles. The molecule has 1 heterocycles. The predicted octanol–water partition coefficient (Wildman–Crippen LogP) is 2.93. The predicted molar refractivity (Wildman–Crippen MR) is 76.0 cm³/mol. The average Bonchev–Trinajstić information content (AvgIpc) is 3.03. The standard InChI is InChI=1S/C15H15NO2S/c1-18-13-4-2-3-9-10(5-6-11(9)13)12-7-8-19-14(12)15(16)17/h2-4,7-8,10H,5-6H2,1H3,(H2,16,17)/t10-/m1/s1. The van der Waals surface area contributed by atoms with E-state index >= 15 is 0 Å². The highest BCUT2D eigenvalue weighted by Crippen LogP contribution is 2.43. The van der Waals surface area contributed by atoms with Gasteiger partial charge in [-0.25, -0.2) is 0 Å². The highest BCUT2D eigenvalue weighted by Gasteiger charge is 2.29. The zero-order valence-electron chi connectivity index (χ0n) is 10.7. The van der Waals surface area contributed by atoms with E-state index in [0.29, 0.717) is 4.88 Å². The normalized spacial score (nSPS) is 17.2. The lowest BCUT2D eigenvalue weighted by atomic mass is 9.93. The summed E-state index contributed by atoms with van der Waals surface area (Å²) in [6.07, 6.45) is 1.99. The van der Waals surface area contributed by atoms with Crippen LogP contribution in [-0.4, -0.2) is 13.0 Å². The Labute approximate surface area is 116 Å². The highest BCUT2D eigenvalue weighted by molar-refractivity contribution is 7.12. The van der Waals surface area contributed by atoms with Crippen LogP contribution in [0.15, 0.2) is 29.6 Å². The number of hydrogen-bond acceptors (Lipinski definition) is 3. The summed E-state index contributed by atoms with van der Waals surface area (Å²) in [5.41, 5.74) is 9.03. The van der Waals surface area contributed by atoms with Crippen molar-refractivity contribution in [3.8, 4) is 5.75 Å². The number of rotatable bonds is 3. The highest BCUT2D eigenvalue weighted by atomic mass is 32.1. The van der Waals surface area contributed by atoms with E-state index < -0.39 is 0 Å². The molecular weight excluding hydrogens is 258 g/mol. The van der Waals surface area contributed by atoms with Crippen LogP contribution in [0.2, 0.25) is 0 Å². The summed E-state index contributed by atoms with van der Waals surface area (Å²) < 4.78 is 5.41. The number of carbonyl (C=O) groups excluding carboxylic acids is 1. The third kappa shape index (κ3) is 1.92. The summed E-state index contributed by atoms with van der Waals surface area (Å²) in [6.45, 7) is 0. The van der Waals surface area contributed by atoms with Crippen LogP contribution in [0.3, 0.4) is 0 Å². The Morgan fingerprint density at radius 2 is 2.21 bits per heavy atom. The van der Waals surface area contributed by atoms with Gasteiger partial charge in [-0.2, -0.15) is 0 Å². The summed E-state index contributed by atoms with van der Waals surface area (Å²) in [7, 11) is 1.70. The van der Waals surface area contributed by atoms with Crippen molar-refractivity contribution in [1.29, 1.82) is 0 Å². The molecule has 1 atom stereocenters. The zero-order chi connectivity index (χ0) is 13.4. The largest absolute Gasteiger partial charge is 0.496 e. The molecule has 0 saturated carbocycles. The first kappa shape index (κ1) is 12.2. The number of fused-ring (bicyclic) bond motifs is 1. The fourth-order valence-electron chi connectivity index (χ4n) is 2.93. The molecule has 0 bridgehead atoms. The van der Waals surface area contributed by atoms with E-state index in [-0.39, 0.29) is 11.8 Å². The van der Waals surface area contributed by atoms with Crippen molar-refractivity contribution >= 4 is 17.2 Å². The van der Waals surface area contributed by atoms with Crippen molar-refractivity contribution in [3.63, 3.8) is 0 Å². The number of amides is 1. The fraction of sp³-hybridized carbons (Fsp3) is 0.267. The quantitative estimate of drug-likeness (QED) is 0.934. The van der Waals surface area contributed by atoms with Crippen LogP contribution >= 0.6 is 11.3 Å². The van der Waals surface area contributed by atoms with Gasteiger partial charge in [0.05, 0.1) is 12.0 Å². The molecule has 1 aliphatic rings. The van der Waals surface area contributed by atoms with Crippen molar-refractivity contribution in [2.75, 3.05) is 7.11 Å². The zero-order valence-corrected chi connectivity index (χ0v) is 11.5. The van der Waals surface area contributed by atoms with E-state index in [1.807, 2.05) is 23.6 Å². The van der Waals surface area contributed by atoms with Crippen molar-refractivity contribution in [1.82, 2.24) is 0 Å². The number of nitrogens with two attached hydrogens (primary N) is 1. The van der Waals surface area contributed by atoms with Gasteiger partial charge in [-0.1, -0.05) is 12.1 Å². The van der Waals surface area contributed by atoms with Crippen molar-refractivity contribution in [2.24, 2.45) is 5.73 Å². The van der Waals surface area contributed by atoms with Gasteiger partial charge in [0.25, 0.3) is 5.91 Å². The first-order valence-corrected chi connectivity index (χ1v) is 7.13. The molecule has 1 aromatic heterocycles. The molecule has 4 heteroatoms. The Hall–Kier alpha value is -1.81. The molecule has 0 spiro atoms. The van der Waals surface area contributed by atoms with Gasteiger partial charge < -0.3 is 10.5 Å². The molecule has 2 aromatic rings. The topological polar surface area (TPSA) is 52.3 Å². The molecule has 1 aliphatic carbocycles. The molecule has 0 radical (unpaired) electrons. The van der Waals surface area contributed by atoms with Gasteiger partial charge >= 0.3 is 0 Å². The van der Waals surface area contributed by atoms with E-state index in [1.54, 1.807) is 7.11 Å². The Morgan fingerprint density at radius 3 is 2.95 bits per heavy atom. The molecule has 3 nitrogen and oxygen atoms in total. The smallest absolute Gasteiger partial charge is 0.259 e. The Kier molecular flexibility index (Phi) is 3.03. The van der Waals surface area contributed by atoms with Crippen LogP contribution in [0.25, 0.3) is 0 Å². The van der Waals surface area contributed by atoms with Gasteiger partial charge in [0, 0.05) is 5.92 Å². The minimum Gasteiger partial charge on any atom is -0.496 e. The van der Waals surface area contributed by atoms with Gasteiger partial charge in [0.1, 0.15) is 5.75 Å². The van der Waals surface area contributed by atoms with Crippen LogP contribution in [0.5, 0.6) is 5.75 Å². The third-order valence-electron chi connectivity index (χ3n) is 3.74. The van der Waals surface area contributed by atoms with E-state index in [9.17, 15) is 4.79 Å². The fourth-order valence-corrected chi connectivity index (χ4v) is 3.74. The summed E-state index contributed by atoms with van der Waals surface area (Å²) in [6, 6.07) is 8.14. The molecule has 0 unspecified atom stereocenters. The molecule has 3 rings (SSSR count). The lowest BCUT2D eigenvalue weighted by molar-refractivity contribution is 0.100. The third-order valence-corrected chi connectivity index (χ3v) is 4.69. The first-order valence-electron chi connectivity index (χ1n) is 6.25. The van der Waals surface area contributed by atoms with Gasteiger partial charge in [0.2, 0.25) is 0 Å². The van der Waals surface area contributed by atoms with E-state index in [2.05, 4.69) is 6.07 Å². The maximum absolute atomic E-state index is 11.5. The second-order valence-electron chi connectivity index (χ2n) is 4.69. The molecular formula is C15H15NO2S. The summed E-state index contributed by atoms with van der Waals surface area (Å²) in [5, 5.41) is 1.94. The van der Waals surface area contributed by atoms with Crippen molar-refractivity contribution in [3.05, 3.63) is 51.2 Å². The Bertz CT molecular complexity index is 633. The van der Waals surface area contributed by atoms with Crippen LogP contribution in [0.4, 0.5) is 0 Å². The number of methoxy groups -OCH3 is 1. The minimum absolute atomic E-state index is 0.263. The lowest BCUT2D eigenvalue weighted by Crippen LogP contribution is -2.12. The molecule has 2 N–H and O–H groups in total. The van der Waals surface area contributed by atoms with Gasteiger partial charge in [-0.3, -0.25) is 4.79 Å². The van der Waals surface area contributed by atoms with Gasteiger partial charge in [0.15, 0.2) is 0 Å². The number of ether oxygens (including phenoxy) is 1. The molecule has 1 amide bonds. The lowest BCUT2D eigenvalue weighted by Gasteiger charge is -2.13. The van der Waals surface area contributed by atoms with E-state index in [1.165, 1.54) is 22.5 Å². The maximum Gasteiger partial charge on any atom is 0.259 e. The second kappa shape index (κ2) is 4.70. The Balaban J connectivity index is 2.07. The van der Waals surface area contributed by atoms with Crippen LogP contribution in [0, 0.1) is 0 Å². The molecule has 19 heavy (non-hydrogen) atoms. The number of carbonyl (C=O) groups is 1. The number of thiophene rings is 1. The molecule has 98 valence electrons. The van der Waals surface area contributed by atoms with Crippen LogP contribution in [-0.2, 0) is 6.42 Å². The van der Waals surface area contributed by atoms with Crippen molar-refractivity contribution in [2.45, 2.75) is 18.8 Å². The van der Waals surface area contributed by atoms with Gasteiger partial charge in [-0.05, 0) is 47.0 Å². The van der Waals surface area contributed by atoms with Crippen molar-refractivity contribution < 1.29 is 9.53 Å². The van der Waals surface area contributed by atoms with Crippen LogP contribution < -0.4 is 10.5 Å². The van der Waals surface area contributed by atoms with E-state index in [0.717, 1.165) is 24.2 Å². The SMILES string of the molecule is COc1cccc2c1CC[C@H]2c1ccsc1C(N)=O. The van der Waals surface area contributed by atoms with Crippen LogP contribution in [0.1, 0.15) is 38.7 Å². The number of hydrogen-bond donors (Lipinski definition) is 1. The maximum atomic E-state index is 11.5. The van der Waals surface area contributed by atoms with E-state index in [4.69, 9.17) is 10.5 Å². The minimum atomic E-state index is -0.332. The molecule has 0 saturated heterocycles. The molecule has 0 fully saturated rings. The summed E-state index contributed by atoms with van der Waals surface area (Å²) >= 11 is 1.42. The average molecular weight is 273 g/mol. The first-order chi connectivity index (χ1) is 9.22. The number of primary amides is 1.